The summed E-state index contributed by atoms with van der Waals surface area (Å²) in [6.07, 6.45) is -0.580. The highest BCUT2D eigenvalue weighted by Gasteiger charge is 2.15. The van der Waals surface area contributed by atoms with Crippen LogP contribution in [0.15, 0.2) is 65.1 Å². The highest BCUT2D eigenvalue weighted by atomic mass is 79.9. The summed E-state index contributed by atoms with van der Waals surface area (Å²) in [6, 6.07) is 17.9. The largest absolute Gasteiger partial charge is 0.453 e. The van der Waals surface area contributed by atoms with Gasteiger partial charge in [0.2, 0.25) is 0 Å². The molecule has 1 amide bonds. The standard InChI is InChI=1S/C22H18BrClN2O3/c1-13-5-3-4-6-16(13)21(27)17-9-8-15(12-18(17)24)25-19-10-7-14(23)11-20(19)26-22(28)29-2/h3-12,25H,1-2H3,(H,26,28). The Morgan fingerprint density at radius 3 is 2.41 bits per heavy atom. The zero-order chi connectivity index (χ0) is 21.0. The van der Waals surface area contributed by atoms with E-state index in [1.165, 1.54) is 7.11 Å². The Balaban J connectivity index is 1.87. The molecule has 0 saturated carbocycles. The second-order valence-electron chi connectivity index (χ2n) is 6.27. The lowest BCUT2D eigenvalue weighted by atomic mass is 9.99. The number of anilines is 3. The van der Waals surface area contributed by atoms with Gasteiger partial charge in [-0.15, -0.1) is 0 Å². The van der Waals surface area contributed by atoms with E-state index in [0.29, 0.717) is 33.2 Å². The molecule has 0 aromatic heterocycles. The molecule has 0 aliphatic carbocycles. The highest BCUT2D eigenvalue weighted by Crippen LogP contribution is 2.31. The number of hydrogen-bond acceptors (Lipinski definition) is 4. The molecule has 0 aliphatic heterocycles. The first-order valence-electron chi connectivity index (χ1n) is 8.70. The fourth-order valence-electron chi connectivity index (χ4n) is 2.80. The van der Waals surface area contributed by atoms with Gasteiger partial charge in [0.1, 0.15) is 0 Å². The molecule has 0 aliphatic rings. The second kappa shape index (κ2) is 9.11. The molecular weight excluding hydrogens is 456 g/mol. The predicted molar refractivity (Wildman–Crippen MR) is 120 cm³/mol. The topological polar surface area (TPSA) is 67.4 Å². The van der Waals surface area contributed by atoms with E-state index in [9.17, 15) is 9.59 Å². The van der Waals surface area contributed by atoms with Gasteiger partial charge in [0.05, 0.1) is 23.5 Å². The lowest BCUT2D eigenvalue weighted by Crippen LogP contribution is -2.12. The van der Waals surface area contributed by atoms with Crippen LogP contribution in [0.2, 0.25) is 5.02 Å². The number of benzene rings is 3. The van der Waals surface area contributed by atoms with Gasteiger partial charge in [0.25, 0.3) is 0 Å². The third-order valence-corrected chi connectivity index (χ3v) is 5.09. The maximum Gasteiger partial charge on any atom is 0.411 e. The van der Waals surface area contributed by atoms with Gasteiger partial charge in [-0.25, -0.2) is 4.79 Å². The van der Waals surface area contributed by atoms with Gasteiger partial charge < -0.3 is 10.1 Å². The number of aryl methyl sites for hydroxylation is 1. The number of rotatable bonds is 5. The normalized spacial score (nSPS) is 10.3. The Morgan fingerprint density at radius 2 is 1.72 bits per heavy atom. The van der Waals surface area contributed by atoms with Crippen molar-refractivity contribution in [1.29, 1.82) is 0 Å². The van der Waals surface area contributed by atoms with E-state index in [4.69, 9.17) is 11.6 Å². The average Bonchev–Trinajstić information content (AvgIpc) is 2.70. The fourth-order valence-corrected chi connectivity index (χ4v) is 3.42. The minimum atomic E-state index is -0.580. The smallest absolute Gasteiger partial charge is 0.411 e. The summed E-state index contributed by atoms with van der Waals surface area (Å²) in [5, 5.41) is 6.19. The fraction of sp³-hybridized carbons (Fsp3) is 0.0909. The van der Waals surface area contributed by atoms with Crippen molar-refractivity contribution in [3.63, 3.8) is 0 Å². The number of halogens is 2. The van der Waals surface area contributed by atoms with Crippen LogP contribution in [0.4, 0.5) is 21.9 Å². The van der Waals surface area contributed by atoms with E-state index < -0.39 is 6.09 Å². The van der Waals surface area contributed by atoms with Crippen LogP contribution in [0.1, 0.15) is 21.5 Å². The Hall–Kier alpha value is -2.83. The number of ether oxygens (including phenoxy) is 1. The van der Waals surface area contributed by atoms with Crippen molar-refractivity contribution in [2.45, 2.75) is 6.92 Å². The molecule has 3 aromatic carbocycles. The molecule has 0 heterocycles. The van der Waals surface area contributed by atoms with E-state index in [0.717, 1.165) is 10.0 Å². The number of ketones is 1. The quantitative estimate of drug-likeness (QED) is 0.412. The van der Waals surface area contributed by atoms with Gasteiger partial charge >= 0.3 is 6.09 Å². The van der Waals surface area contributed by atoms with Gasteiger partial charge in [-0.2, -0.15) is 0 Å². The van der Waals surface area contributed by atoms with E-state index in [-0.39, 0.29) is 5.78 Å². The Kier molecular flexibility index (Phi) is 6.56. The number of hydrogen-bond donors (Lipinski definition) is 2. The molecule has 148 valence electrons. The Bertz CT molecular complexity index is 1090. The molecular formula is C22H18BrClN2O3. The lowest BCUT2D eigenvalue weighted by molar-refractivity contribution is 0.103. The van der Waals surface area contributed by atoms with Crippen molar-refractivity contribution < 1.29 is 14.3 Å². The zero-order valence-corrected chi connectivity index (χ0v) is 18.1. The summed E-state index contributed by atoms with van der Waals surface area (Å²) >= 11 is 9.79. The van der Waals surface area contributed by atoms with Crippen LogP contribution >= 0.6 is 27.5 Å². The van der Waals surface area contributed by atoms with E-state index in [1.807, 2.05) is 31.2 Å². The molecule has 0 radical (unpaired) electrons. The third kappa shape index (κ3) is 4.96. The summed E-state index contributed by atoms with van der Waals surface area (Å²) in [4.78, 5) is 24.4. The van der Waals surface area contributed by atoms with Crippen molar-refractivity contribution in [2.75, 3.05) is 17.7 Å². The summed E-state index contributed by atoms with van der Waals surface area (Å²) in [5.41, 5.74) is 3.79. The molecule has 0 atom stereocenters. The zero-order valence-electron chi connectivity index (χ0n) is 15.8. The van der Waals surface area contributed by atoms with E-state index in [1.54, 1.807) is 36.4 Å². The first-order chi connectivity index (χ1) is 13.9. The second-order valence-corrected chi connectivity index (χ2v) is 7.59. The molecule has 2 N–H and O–H groups in total. The predicted octanol–water partition coefficient (Wildman–Crippen LogP) is 6.56. The van der Waals surface area contributed by atoms with Crippen LogP contribution in [0.3, 0.4) is 0 Å². The van der Waals surface area contributed by atoms with Gasteiger partial charge in [-0.1, -0.05) is 51.8 Å². The number of carbonyl (C=O) groups is 2. The lowest BCUT2D eigenvalue weighted by Gasteiger charge is -2.14. The molecule has 29 heavy (non-hydrogen) atoms. The van der Waals surface area contributed by atoms with Gasteiger partial charge in [0, 0.05) is 21.3 Å². The number of nitrogens with one attached hydrogen (secondary N) is 2. The number of carbonyl (C=O) groups excluding carboxylic acids is 2. The maximum atomic E-state index is 12.8. The SMILES string of the molecule is COC(=O)Nc1cc(Br)ccc1Nc1ccc(C(=O)c2ccccc2C)c(Cl)c1. The number of amides is 1. The van der Waals surface area contributed by atoms with Crippen LogP contribution in [0.25, 0.3) is 0 Å². The Labute approximate surface area is 182 Å². The molecule has 3 aromatic rings. The van der Waals surface area contributed by atoms with Crippen LogP contribution in [-0.2, 0) is 4.74 Å². The molecule has 0 spiro atoms. The highest BCUT2D eigenvalue weighted by molar-refractivity contribution is 9.10. The summed E-state index contributed by atoms with van der Waals surface area (Å²) in [5.74, 6) is -0.128. The first kappa shape index (κ1) is 20.9. The summed E-state index contributed by atoms with van der Waals surface area (Å²) < 4.78 is 5.46. The first-order valence-corrected chi connectivity index (χ1v) is 9.87. The molecule has 0 unspecified atom stereocenters. The third-order valence-electron chi connectivity index (χ3n) is 4.29. The van der Waals surface area contributed by atoms with Crippen LogP contribution < -0.4 is 10.6 Å². The van der Waals surface area contributed by atoms with Crippen molar-refractivity contribution in [3.8, 4) is 0 Å². The van der Waals surface area contributed by atoms with Crippen LogP contribution in [-0.4, -0.2) is 19.0 Å². The molecule has 3 rings (SSSR count). The van der Waals surface area contributed by atoms with E-state index in [2.05, 4.69) is 31.3 Å². The van der Waals surface area contributed by atoms with Crippen molar-refractivity contribution >= 4 is 56.5 Å². The monoisotopic (exact) mass is 472 g/mol. The maximum absolute atomic E-state index is 12.8. The van der Waals surface area contributed by atoms with E-state index >= 15 is 0 Å². The van der Waals surface area contributed by atoms with Gasteiger partial charge in [-0.05, 0) is 48.9 Å². The van der Waals surface area contributed by atoms with Crippen molar-refractivity contribution in [3.05, 3.63) is 86.8 Å². The van der Waals surface area contributed by atoms with Crippen LogP contribution in [0, 0.1) is 6.92 Å². The molecule has 0 bridgehead atoms. The molecule has 0 fully saturated rings. The average molecular weight is 474 g/mol. The van der Waals surface area contributed by atoms with Crippen LogP contribution in [0.5, 0.6) is 0 Å². The molecule has 0 saturated heterocycles. The summed E-state index contributed by atoms with van der Waals surface area (Å²) in [7, 11) is 1.30. The van der Waals surface area contributed by atoms with Gasteiger partial charge in [-0.3, -0.25) is 10.1 Å². The summed E-state index contributed by atoms with van der Waals surface area (Å²) in [6.45, 7) is 1.89. The van der Waals surface area contributed by atoms with Crippen molar-refractivity contribution in [2.24, 2.45) is 0 Å². The van der Waals surface area contributed by atoms with Crippen molar-refractivity contribution in [1.82, 2.24) is 0 Å². The molecule has 5 nitrogen and oxygen atoms in total. The minimum absolute atomic E-state index is 0.128. The Morgan fingerprint density at radius 1 is 0.966 bits per heavy atom. The van der Waals surface area contributed by atoms with Gasteiger partial charge in [0.15, 0.2) is 5.78 Å². The number of methoxy groups -OCH3 is 1. The minimum Gasteiger partial charge on any atom is -0.453 e. The molecule has 7 heteroatoms.